The van der Waals surface area contributed by atoms with Gasteiger partial charge in [-0.3, -0.25) is 9.59 Å². The average Bonchev–Trinajstić information content (AvgIpc) is 2.98. The first-order valence-corrected chi connectivity index (χ1v) is 7.75. The number of hydrogen-bond acceptors (Lipinski definition) is 4. The van der Waals surface area contributed by atoms with E-state index in [4.69, 9.17) is 4.52 Å². The molecular weight excluding hydrogens is 294 g/mol. The average molecular weight is 313 g/mol. The fourth-order valence-electron chi connectivity index (χ4n) is 2.76. The second kappa shape index (κ2) is 6.64. The van der Waals surface area contributed by atoms with E-state index in [-0.39, 0.29) is 18.2 Å². The fourth-order valence-corrected chi connectivity index (χ4v) is 2.76. The van der Waals surface area contributed by atoms with Crippen LogP contribution >= 0.6 is 0 Å². The molecule has 0 spiro atoms. The summed E-state index contributed by atoms with van der Waals surface area (Å²) in [6.07, 6.45) is 4.22. The standard InChI is InChI=1S/C17H19N3O3/c1-18-17(22)12-8-6-11(7-9-12)10-15(21)19-16-13-4-2-3-5-14(13)23-20-16/h6-9H,2-5,10H2,1H3,(H,18,22)(H,19,20,21). The lowest BCUT2D eigenvalue weighted by atomic mass is 9.98. The van der Waals surface area contributed by atoms with Gasteiger partial charge in [-0.05, 0) is 37.0 Å². The quantitative estimate of drug-likeness (QED) is 0.905. The Hall–Kier alpha value is -2.63. The van der Waals surface area contributed by atoms with Crippen LogP contribution in [0.3, 0.4) is 0 Å². The highest BCUT2D eigenvalue weighted by Crippen LogP contribution is 2.27. The van der Waals surface area contributed by atoms with Crippen LogP contribution in [0, 0.1) is 0 Å². The number of carbonyl (C=O) groups is 2. The summed E-state index contributed by atoms with van der Waals surface area (Å²) in [6, 6.07) is 6.98. The number of rotatable bonds is 4. The van der Waals surface area contributed by atoms with Crippen LogP contribution in [-0.2, 0) is 24.1 Å². The van der Waals surface area contributed by atoms with E-state index in [1.54, 1.807) is 31.3 Å². The molecule has 1 heterocycles. The maximum Gasteiger partial charge on any atom is 0.251 e. The van der Waals surface area contributed by atoms with Crippen molar-refractivity contribution in [1.82, 2.24) is 10.5 Å². The van der Waals surface area contributed by atoms with E-state index in [1.807, 2.05) is 0 Å². The Morgan fingerprint density at radius 3 is 2.65 bits per heavy atom. The molecule has 120 valence electrons. The minimum atomic E-state index is -0.143. The number of aromatic nitrogens is 1. The van der Waals surface area contributed by atoms with Crippen LogP contribution in [0.4, 0.5) is 5.82 Å². The molecule has 2 aromatic rings. The summed E-state index contributed by atoms with van der Waals surface area (Å²) < 4.78 is 5.28. The first-order valence-electron chi connectivity index (χ1n) is 7.75. The van der Waals surface area contributed by atoms with Gasteiger partial charge >= 0.3 is 0 Å². The monoisotopic (exact) mass is 313 g/mol. The van der Waals surface area contributed by atoms with E-state index < -0.39 is 0 Å². The van der Waals surface area contributed by atoms with E-state index in [0.717, 1.165) is 42.6 Å². The highest BCUT2D eigenvalue weighted by atomic mass is 16.5. The molecule has 0 unspecified atom stereocenters. The van der Waals surface area contributed by atoms with Crippen LogP contribution in [0.5, 0.6) is 0 Å². The summed E-state index contributed by atoms with van der Waals surface area (Å²) in [5.41, 5.74) is 2.44. The molecule has 0 saturated heterocycles. The molecule has 3 rings (SSSR count). The normalized spacial score (nSPS) is 13.3. The maximum atomic E-state index is 12.2. The van der Waals surface area contributed by atoms with Gasteiger partial charge in [0.2, 0.25) is 5.91 Å². The van der Waals surface area contributed by atoms with Gasteiger partial charge in [-0.25, -0.2) is 0 Å². The Labute approximate surface area is 134 Å². The number of aryl methyl sites for hydroxylation is 1. The van der Waals surface area contributed by atoms with Gasteiger partial charge in [0.1, 0.15) is 5.76 Å². The lowest BCUT2D eigenvalue weighted by molar-refractivity contribution is -0.115. The predicted octanol–water partition coefficient (Wildman–Crippen LogP) is 2.09. The van der Waals surface area contributed by atoms with Gasteiger partial charge in [-0.15, -0.1) is 0 Å². The Morgan fingerprint density at radius 1 is 1.17 bits per heavy atom. The highest BCUT2D eigenvalue weighted by Gasteiger charge is 2.20. The highest BCUT2D eigenvalue weighted by molar-refractivity contribution is 5.94. The molecule has 0 aliphatic heterocycles. The number of anilines is 1. The predicted molar refractivity (Wildman–Crippen MR) is 85.3 cm³/mol. The van der Waals surface area contributed by atoms with Crippen molar-refractivity contribution in [2.75, 3.05) is 12.4 Å². The molecule has 23 heavy (non-hydrogen) atoms. The Balaban J connectivity index is 1.63. The number of fused-ring (bicyclic) bond motifs is 1. The fraction of sp³-hybridized carbons (Fsp3) is 0.353. The SMILES string of the molecule is CNC(=O)c1ccc(CC(=O)Nc2noc3c2CCCC3)cc1. The Bertz CT molecular complexity index is 719. The minimum Gasteiger partial charge on any atom is -0.359 e. The van der Waals surface area contributed by atoms with Crippen molar-refractivity contribution in [1.29, 1.82) is 0 Å². The van der Waals surface area contributed by atoms with Crippen LogP contribution in [0.25, 0.3) is 0 Å². The third-order valence-electron chi connectivity index (χ3n) is 4.02. The second-order valence-corrected chi connectivity index (χ2v) is 5.64. The number of hydrogen-bond donors (Lipinski definition) is 2. The molecule has 1 aromatic heterocycles. The summed E-state index contributed by atoms with van der Waals surface area (Å²) in [5.74, 6) is 1.16. The van der Waals surface area contributed by atoms with Gasteiger partial charge in [-0.1, -0.05) is 17.3 Å². The summed E-state index contributed by atoms with van der Waals surface area (Å²) in [6.45, 7) is 0. The van der Waals surface area contributed by atoms with Crippen LogP contribution in [-0.4, -0.2) is 24.0 Å². The summed E-state index contributed by atoms with van der Waals surface area (Å²) >= 11 is 0. The summed E-state index contributed by atoms with van der Waals surface area (Å²) in [5, 5.41) is 9.36. The number of carbonyl (C=O) groups excluding carboxylic acids is 2. The zero-order chi connectivity index (χ0) is 16.2. The van der Waals surface area contributed by atoms with Gasteiger partial charge in [0.25, 0.3) is 5.91 Å². The Morgan fingerprint density at radius 2 is 1.91 bits per heavy atom. The van der Waals surface area contributed by atoms with Gasteiger partial charge in [-0.2, -0.15) is 0 Å². The van der Waals surface area contributed by atoms with Gasteiger partial charge in [0.05, 0.1) is 6.42 Å². The molecular formula is C17H19N3O3. The second-order valence-electron chi connectivity index (χ2n) is 5.64. The largest absolute Gasteiger partial charge is 0.359 e. The number of benzene rings is 1. The maximum absolute atomic E-state index is 12.2. The van der Waals surface area contributed by atoms with Crippen molar-refractivity contribution in [3.8, 4) is 0 Å². The number of amides is 2. The lowest BCUT2D eigenvalue weighted by Crippen LogP contribution is -2.18. The van der Waals surface area contributed by atoms with Crippen molar-refractivity contribution >= 4 is 17.6 Å². The molecule has 1 aromatic carbocycles. The minimum absolute atomic E-state index is 0.139. The van der Waals surface area contributed by atoms with E-state index in [0.29, 0.717) is 11.4 Å². The Kier molecular flexibility index (Phi) is 4.41. The molecule has 0 fully saturated rings. The lowest BCUT2D eigenvalue weighted by Gasteiger charge is -2.09. The van der Waals surface area contributed by atoms with E-state index in [1.165, 1.54) is 0 Å². The van der Waals surface area contributed by atoms with E-state index in [2.05, 4.69) is 15.8 Å². The molecule has 1 aliphatic rings. The molecule has 6 nitrogen and oxygen atoms in total. The third kappa shape index (κ3) is 3.41. The van der Waals surface area contributed by atoms with Crippen molar-refractivity contribution in [3.63, 3.8) is 0 Å². The van der Waals surface area contributed by atoms with Gasteiger partial charge in [0.15, 0.2) is 5.82 Å². The zero-order valence-electron chi connectivity index (χ0n) is 13.0. The zero-order valence-corrected chi connectivity index (χ0v) is 13.0. The van der Waals surface area contributed by atoms with Crippen molar-refractivity contribution in [2.24, 2.45) is 0 Å². The first kappa shape index (κ1) is 15.3. The third-order valence-corrected chi connectivity index (χ3v) is 4.02. The van der Waals surface area contributed by atoms with Crippen molar-refractivity contribution in [2.45, 2.75) is 32.1 Å². The van der Waals surface area contributed by atoms with Crippen LogP contribution in [0.15, 0.2) is 28.8 Å². The van der Waals surface area contributed by atoms with Crippen molar-refractivity contribution in [3.05, 3.63) is 46.7 Å². The number of nitrogens with one attached hydrogen (secondary N) is 2. The van der Waals surface area contributed by atoms with Gasteiger partial charge < -0.3 is 15.2 Å². The smallest absolute Gasteiger partial charge is 0.251 e. The topological polar surface area (TPSA) is 84.2 Å². The molecule has 2 amide bonds. The molecule has 1 aliphatic carbocycles. The van der Waals surface area contributed by atoms with Gasteiger partial charge in [0, 0.05) is 24.6 Å². The van der Waals surface area contributed by atoms with Crippen LogP contribution < -0.4 is 10.6 Å². The van der Waals surface area contributed by atoms with Crippen molar-refractivity contribution < 1.29 is 14.1 Å². The molecule has 0 bridgehead atoms. The summed E-state index contributed by atoms with van der Waals surface area (Å²) in [7, 11) is 1.59. The molecule has 0 saturated carbocycles. The number of nitrogens with zero attached hydrogens (tertiary/aromatic N) is 1. The molecule has 6 heteroatoms. The van der Waals surface area contributed by atoms with E-state index >= 15 is 0 Å². The van der Waals surface area contributed by atoms with Crippen LogP contribution in [0.1, 0.15) is 40.1 Å². The van der Waals surface area contributed by atoms with Crippen LogP contribution in [0.2, 0.25) is 0 Å². The first-order chi connectivity index (χ1) is 11.2. The molecule has 2 N–H and O–H groups in total. The molecule has 0 atom stereocenters. The van der Waals surface area contributed by atoms with E-state index in [9.17, 15) is 9.59 Å². The summed E-state index contributed by atoms with van der Waals surface area (Å²) in [4.78, 5) is 23.7. The molecule has 0 radical (unpaired) electrons.